The van der Waals surface area contributed by atoms with Crippen LogP contribution in [0.4, 0.5) is 5.13 Å². The molecule has 0 saturated heterocycles. The standard InChI is InChI=1S/C18H17ClN4O2S/c1-2-3-10-23-16(24)9-8-14(22-23)17(25)21-18-20-15(11-26-18)12-4-6-13(19)7-5-12/h4-9,11H,2-3,10H2,1H3,(H,20,21,25). The number of amides is 1. The minimum absolute atomic E-state index is 0.184. The molecule has 0 spiro atoms. The maximum atomic E-state index is 12.4. The Morgan fingerprint density at radius 3 is 2.73 bits per heavy atom. The van der Waals surface area contributed by atoms with Crippen LogP contribution in [0.5, 0.6) is 0 Å². The Bertz CT molecular complexity index is 966. The molecule has 0 atom stereocenters. The summed E-state index contributed by atoms with van der Waals surface area (Å²) in [7, 11) is 0. The number of nitrogens with one attached hydrogen (secondary N) is 1. The third kappa shape index (κ3) is 4.36. The van der Waals surface area contributed by atoms with Crippen molar-refractivity contribution in [3.8, 4) is 11.3 Å². The van der Waals surface area contributed by atoms with Gasteiger partial charge in [-0.25, -0.2) is 9.67 Å². The number of nitrogens with zero attached hydrogens (tertiary/aromatic N) is 3. The van der Waals surface area contributed by atoms with Crippen molar-refractivity contribution >= 4 is 34.0 Å². The van der Waals surface area contributed by atoms with Gasteiger partial charge in [-0.3, -0.25) is 14.9 Å². The van der Waals surface area contributed by atoms with E-state index in [0.717, 1.165) is 24.1 Å². The van der Waals surface area contributed by atoms with Crippen molar-refractivity contribution in [3.63, 3.8) is 0 Å². The second-order valence-electron chi connectivity index (χ2n) is 5.63. The predicted octanol–water partition coefficient (Wildman–Crippen LogP) is 4.07. The summed E-state index contributed by atoms with van der Waals surface area (Å²) in [4.78, 5) is 28.6. The van der Waals surface area contributed by atoms with Crippen molar-refractivity contribution in [3.05, 3.63) is 62.8 Å². The molecule has 0 fully saturated rings. The lowest BCUT2D eigenvalue weighted by molar-refractivity contribution is 0.101. The average molecular weight is 389 g/mol. The largest absolute Gasteiger partial charge is 0.296 e. The zero-order chi connectivity index (χ0) is 18.5. The number of carbonyl (C=O) groups is 1. The normalized spacial score (nSPS) is 10.7. The number of unbranched alkanes of at least 4 members (excludes halogenated alkanes) is 1. The molecule has 2 heterocycles. The Hall–Kier alpha value is -2.51. The van der Waals surface area contributed by atoms with Crippen LogP contribution in [0.3, 0.4) is 0 Å². The molecule has 3 rings (SSSR count). The monoisotopic (exact) mass is 388 g/mol. The summed E-state index contributed by atoms with van der Waals surface area (Å²) in [5, 5.41) is 9.84. The lowest BCUT2D eigenvalue weighted by Crippen LogP contribution is -2.26. The number of thiazole rings is 1. The van der Waals surface area contributed by atoms with Gasteiger partial charge in [0, 0.05) is 28.6 Å². The van der Waals surface area contributed by atoms with E-state index >= 15 is 0 Å². The van der Waals surface area contributed by atoms with E-state index in [4.69, 9.17) is 11.6 Å². The molecule has 0 aliphatic carbocycles. The highest BCUT2D eigenvalue weighted by molar-refractivity contribution is 7.14. The number of anilines is 1. The van der Waals surface area contributed by atoms with Gasteiger partial charge in [-0.2, -0.15) is 5.10 Å². The first kappa shape index (κ1) is 18.3. The average Bonchev–Trinajstić information content (AvgIpc) is 3.10. The van der Waals surface area contributed by atoms with Crippen molar-refractivity contribution < 1.29 is 4.79 Å². The first-order chi connectivity index (χ1) is 12.6. The molecule has 0 aliphatic rings. The molecule has 3 aromatic rings. The molecular weight excluding hydrogens is 372 g/mol. The van der Waals surface area contributed by atoms with Crippen LogP contribution in [0.15, 0.2) is 46.6 Å². The molecule has 0 radical (unpaired) electrons. The fourth-order valence-electron chi connectivity index (χ4n) is 2.28. The van der Waals surface area contributed by atoms with E-state index in [0.29, 0.717) is 16.7 Å². The number of rotatable bonds is 6. The van der Waals surface area contributed by atoms with Crippen molar-refractivity contribution in [1.82, 2.24) is 14.8 Å². The molecule has 2 aromatic heterocycles. The molecule has 0 saturated carbocycles. The number of aromatic nitrogens is 3. The van der Waals surface area contributed by atoms with E-state index in [2.05, 4.69) is 15.4 Å². The zero-order valence-electron chi connectivity index (χ0n) is 14.1. The number of hydrogen-bond donors (Lipinski definition) is 1. The van der Waals surface area contributed by atoms with Crippen LogP contribution in [0.1, 0.15) is 30.3 Å². The summed E-state index contributed by atoms with van der Waals surface area (Å²) in [6.07, 6.45) is 1.77. The summed E-state index contributed by atoms with van der Waals surface area (Å²) in [5.74, 6) is -0.396. The quantitative estimate of drug-likeness (QED) is 0.690. The molecular formula is C18H17ClN4O2S. The summed E-state index contributed by atoms with van der Waals surface area (Å²) in [5.41, 5.74) is 1.64. The fraction of sp³-hybridized carbons (Fsp3) is 0.222. The first-order valence-corrected chi connectivity index (χ1v) is 9.43. The van der Waals surface area contributed by atoms with Gasteiger partial charge in [-0.05, 0) is 24.6 Å². The second kappa shape index (κ2) is 8.25. The van der Waals surface area contributed by atoms with Gasteiger partial charge in [0.15, 0.2) is 5.13 Å². The number of aryl methyl sites for hydroxylation is 1. The van der Waals surface area contributed by atoms with Crippen LogP contribution in [0, 0.1) is 0 Å². The van der Waals surface area contributed by atoms with E-state index in [1.165, 1.54) is 28.2 Å². The summed E-state index contributed by atoms with van der Waals surface area (Å²) in [6.45, 7) is 2.52. The molecule has 134 valence electrons. The molecule has 1 N–H and O–H groups in total. The van der Waals surface area contributed by atoms with Crippen LogP contribution >= 0.6 is 22.9 Å². The minimum Gasteiger partial charge on any atom is -0.296 e. The highest BCUT2D eigenvalue weighted by Crippen LogP contribution is 2.26. The molecule has 26 heavy (non-hydrogen) atoms. The van der Waals surface area contributed by atoms with Gasteiger partial charge in [-0.15, -0.1) is 11.3 Å². The van der Waals surface area contributed by atoms with Gasteiger partial charge in [0.25, 0.3) is 11.5 Å². The van der Waals surface area contributed by atoms with E-state index in [9.17, 15) is 9.59 Å². The Morgan fingerprint density at radius 2 is 2.00 bits per heavy atom. The van der Waals surface area contributed by atoms with E-state index in [-0.39, 0.29) is 11.3 Å². The highest BCUT2D eigenvalue weighted by atomic mass is 35.5. The minimum atomic E-state index is -0.396. The topological polar surface area (TPSA) is 76.9 Å². The Labute approximate surface area is 159 Å². The van der Waals surface area contributed by atoms with Crippen LogP contribution in [0.25, 0.3) is 11.3 Å². The molecule has 0 bridgehead atoms. The fourth-order valence-corrected chi connectivity index (χ4v) is 3.12. The predicted molar refractivity (Wildman–Crippen MR) is 104 cm³/mol. The Kier molecular flexibility index (Phi) is 5.80. The van der Waals surface area contributed by atoms with E-state index in [1.807, 2.05) is 24.4 Å². The maximum Gasteiger partial charge on any atom is 0.277 e. The van der Waals surface area contributed by atoms with E-state index in [1.54, 1.807) is 12.1 Å². The lowest BCUT2D eigenvalue weighted by atomic mass is 10.2. The third-order valence-electron chi connectivity index (χ3n) is 3.69. The number of hydrogen-bond acceptors (Lipinski definition) is 5. The highest BCUT2D eigenvalue weighted by Gasteiger charge is 2.13. The molecule has 0 unspecified atom stereocenters. The van der Waals surface area contributed by atoms with Crippen molar-refractivity contribution in [2.45, 2.75) is 26.3 Å². The van der Waals surface area contributed by atoms with Gasteiger partial charge >= 0.3 is 0 Å². The van der Waals surface area contributed by atoms with Gasteiger partial charge in [0.1, 0.15) is 5.69 Å². The van der Waals surface area contributed by atoms with Crippen LogP contribution < -0.4 is 10.9 Å². The number of halogens is 1. The van der Waals surface area contributed by atoms with Crippen molar-refractivity contribution in [2.75, 3.05) is 5.32 Å². The van der Waals surface area contributed by atoms with Crippen LogP contribution in [0.2, 0.25) is 5.02 Å². The molecule has 8 heteroatoms. The number of benzene rings is 1. The second-order valence-corrected chi connectivity index (χ2v) is 6.93. The zero-order valence-corrected chi connectivity index (χ0v) is 15.7. The summed E-state index contributed by atoms with van der Waals surface area (Å²) >= 11 is 7.21. The molecule has 1 amide bonds. The van der Waals surface area contributed by atoms with Crippen LogP contribution in [-0.2, 0) is 6.54 Å². The third-order valence-corrected chi connectivity index (χ3v) is 4.70. The smallest absolute Gasteiger partial charge is 0.277 e. The van der Waals surface area contributed by atoms with Crippen molar-refractivity contribution in [2.24, 2.45) is 0 Å². The Morgan fingerprint density at radius 1 is 1.23 bits per heavy atom. The van der Waals surface area contributed by atoms with Gasteiger partial charge in [0.2, 0.25) is 0 Å². The molecule has 0 aliphatic heterocycles. The van der Waals surface area contributed by atoms with Gasteiger partial charge in [0.05, 0.1) is 5.69 Å². The summed E-state index contributed by atoms with van der Waals surface area (Å²) in [6, 6.07) is 10.1. The van der Waals surface area contributed by atoms with E-state index < -0.39 is 5.91 Å². The van der Waals surface area contributed by atoms with Gasteiger partial charge in [-0.1, -0.05) is 37.1 Å². The molecule has 6 nitrogen and oxygen atoms in total. The van der Waals surface area contributed by atoms with Crippen LogP contribution in [-0.4, -0.2) is 20.7 Å². The van der Waals surface area contributed by atoms with Gasteiger partial charge < -0.3 is 0 Å². The maximum absolute atomic E-state index is 12.4. The molecule has 1 aromatic carbocycles. The SMILES string of the molecule is CCCCn1nc(C(=O)Nc2nc(-c3ccc(Cl)cc3)cs2)ccc1=O. The van der Waals surface area contributed by atoms with Crippen molar-refractivity contribution in [1.29, 1.82) is 0 Å². The lowest BCUT2D eigenvalue weighted by Gasteiger charge is -2.06. The first-order valence-electron chi connectivity index (χ1n) is 8.18. The number of carbonyl (C=O) groups excluding carboxylic acids is 1. The Balaban J connectivity index is 1.74. The summed E-state index contributed by atoms with van der Waals surface area (Å²) < 4.78 is 1.32.